The molecule has 1 aromatic rings. The van der Waals surface area contributed by atoms with Crippen LogP contribution in [0.25, 0.3) is 12.2 Å². The average molecular weight is 332 g/mol. The van der Waals surface area contributed by atoms with Crippen LogP contribution in [0.4, 0.5) is 0 Å². The molecule has 0 bridgehead atoms. The third-order valence-corrected chi connectivity index (χ3v) is 3.60. The van der Waals surface area contributed by atoms with Crippen molar-refractivity contribution in [1.29, 1.82) is 0 Å². The van der Waals surface area contributed by atoms with Crippen molar-refractivity contribution in [2.75, 3.05) is 54.5 Å². The Morgan fingerprint density at radius 1 is 0.792 bits per heavy atom. The van der Waals surface area contributed by atoms with Gasteiger partial charge in [0.05, 0.1) is 13.2 Å². The van der Waals surface area contributed by atoms with Gasteiger partial charge in [-0.2, -0.15) is 0 Å². The smallest absolute Gasteiger partial charge is 0.127 e. The first-order valence-corrected chi connectivity index (χ1v) is 8.46. The molecule has 0 aliphatic heterocycles. The lowest BCUT2D eigenvalue weighted by Gasteiger charge is -2.16. The summed E-state index contributed by atoms with van der Waals surface area (Å²) in [6.07, 6.45) is 5.58. The van der Waals surface area contributed by atoms with Gasteiger partial charge in [-0.05, 0) is 53.2 Å². The highest BCUT2D eigenvalue weighted by Crippen LogP contribution is 2.31. The number of rotatable bonds is 12. The first kappa shape index (κ1) is 20.3. The van der Waals surface area contributed by atoms with Gasteiger partial charge in [-0.1, -0.05) is 25.3 Å². The van der Waals surface area contributed by atoms with Crippen molar-refractivity contribution in [1.82, 2.24) is 9.80 Å². The summed E-state index contributed by atoms with van der Waals surface area (Å²) in [5, 5.41) is 0. The molecule has 0 radical (unpaired) electrons. The topological polar surface area (TPSA) is 24.9 Å². The van der Waals surface area contributed by atoms with Gasteiger partial charge < -0.3 is 19.3 Å². The fourth-order valence-electron chi connectivity index (χ4n) is 2.29. The third-order valence-electron chi connectivity index (χ3n) is 3.60. The Morgan fingerprint density at radius 2 is 1.17 bits per heavy atom. The summed E-state index contributed by atoms with van der Waals surface area (Å²) < 4.78 is 11.9. The first-order valence-electron chi connectivity index (χ1n) is 8.46. The van der Waals surface area contributed by atoms with Crippen LogP contribution in [-0.2, 0) is 0 Å². The molecule has 0 atom stereocenters. The molecule has 0 unspecified atom stereocenters. The molecule has 1 aromatic carbocycles. The summed E-state index contributed by atoms with van der Waals surface area (Å²) in [6.45, 7) is 11.1. The van der Waals surface area contributed by atoms with Crippen molar-refractivity contribution in [3.63, 3.8) is 0 Å². The highest BCUT2D eigenvalue weighted by Gasteiger charge is 2.09. The van der Waals surface area contributed by atoms with Gasteiger partial charge in [-0.25, -0.2) is 0 Å². The summed E-state index contributed by atoms with van der Waals surface area (Å²) >= 11 is 0. The molecule has 0 N–H and O–H groups in total. The number of nitrogens with zero attached hydrogens (tertiary/aromatic N) is 2. The normalized spacial score (nSPS) is 10.9. The molecule has 24 heavy (non-hydrogen) atoms. The average Bonchev–Trinajstić information content (AvgIpc) is 2.55. The zero-order valence-corrected chi connectivity index (χ0v) is 15.7. The lowest BCUT2D eigenvalue weighted by Crippen LogP contribution is -2.16. The summed E-state index contributed by atoms with van der Waals surface area (Å²) in [4.78, 5) is 4.30. The van der Waals surface area contributed by atoms with Crippen LogP contribution in [0.2, 0.25) is 0 Å². The van der Waals surface area contributed by atoms with Crippen molar-refractivity contribution in [2.45, 2.75) is 12.8 Å². The van der Waals surface area contributed by atoms with E-state index in [1.54, 1.807) is 12.2 Å². The zero-order valence-electron chi connectivity index (χ0n) is 15.7. The van der Waals surface area contributed by atoms with E-state index in [2.05, 4.69) is 51.1 Å². The molecular weight excluding hydrogens is 300 g/mol. The predicted octanol–water partition coefficient (Wildman–Crippen LogP) is 3.63. The quantitative estimate of drug-likeness (QED) is 0.546. The van der Waals surface area contributed by atoms with E-state index in [9.17, 15) is 0 Å². The molecule has 134 valence electrons. The van der Waals surface area contributed by atoms with E-state index in [0.29, 0.717) is 13.2 Å². The molecule has 0 amide bonds. The lowest BCUT2D eigenvalue weighted by molar-refractivity contribution is 0.275. The molecule has 0 aliphatic rings. The van der Waals surface area contributed by atoms with Gasteiger partial charge in [0.1, 0.15) is 11.5 Å². The van der Waals surface area contributed by atoms with E-state index < -0.39 is 0 Å². The highest BCUT2D eigenvalue weighted by molar-refractivity contribution is 5.66. The number of ether oxygens (including phenoxy) is 2. The Bertz CT molecular complexity index is 477. The van der Waals surface area contributed by atoms with E-state index >= 15 is 0 Å². The molecular formula is C20H32N2O2. The monoisotopic (exact) mass is 332 g/mol. The second-order valence-corrected chi connectivity index (χ2v) is 6.35. The van der Waals surface area contributed by atoms with Crippen molar-refractivity contribution in [3.05, 3.63) is 36.4 Å². The Balaban J connectivity index is 2.73. The fourth-order valence-corrected chi connectivity index (χ4v) is 2.29. The van der Waals surface area contributed by atoms with Crippen LogP contribution in [0, 0.1) is 0 Å². The minimum atomic E-state index is 0.679. The van der Waals surface area contributed by atoms with E-state index in [1.165, 1.54) is 0 Å². The molecule has 0 aromatic heterocycles. The van der Waals surface area contributed by atoms with Crippen LogP contribution >= 0.6 is 0 Å². The summed E-state index contributed by atoms with van der Waals surface area (Å²) in [6, 6.07) is 3.97. The SMILES string of the molecule is C=Cc1cc(OCCCN(C)C)c(C=C)cc1OCCCN(C)C. The van der Waals surface area contributed by atoms with Crippen LogP contribution < -0.4 is 9.47 Å². The van der Waals surface area contributed by atoms with Crippen molar-refractivity contribution < 1.29 is 9.47 Å². The minimum Gasteiger partial charge on any atom is -0.493 e. The molecule has 0 fully saturated rings. The Kier molecular flexibility index (Phi) is 9.20. The Labute approximate surface area is 147 Å². The van der Waals surface area contributed by atoms with Crippen molar-refractivity contribution >= 4 is 12.2 Å². The standard InChI is InChI=1S/C20H32N2O2/c1-7-17-15-20(24-14-10-12-22(5)6)18(8-2)16-19(17)23-13-9-11-21(3)4/h7-8,15-16H,1-2,9-14H2,3-6H3. The van der Waals surface area contributed by atoms with E-state index in [1.807, 2.05) is 12.1 Å². The van der Waals surface area contributed by atoms with Gasteiger partial charge in [0.2, 0.25) is 0 Å². The summed E-state index contributed by atoms with van der Waals surface area (Å²) in [5.74, 6) is 1.67. The first-order chi connectivity index (χ1) is 11.5. The number of hydrogen-bond acceptors (Lipinski definition) is 4. The highest BCUT2D eigenvalue weighted by atomic mass is 16.5. The Morgan fingerprint density at radius 3 is 1.46 bits per heavy atom. The lowest BCUT2D eigenvalue weighted by atomic mass is 10.1. The molecule has 4 heteroatoms. The summed E-state index contributed by atoms with van der Waals surface area (Å²) in [5.41, 5.74) is 1.90. The maximum absolute atomic E-state index is 5.93. The van der Waals surface area contributed by atoms with Gasteiger partial charge in [0, 0.05) is 24.2 Å². The molecule has 0 saturated carbocycles. The molecule has 0 saturated heterocycles. The molecule has 1 rings (SSSR count). The maximum atomic E-state index is 5.93. The molecule has 0 spiro atoms. The second-order valence-electron chi connectivity index (χ2n) is 6.35. The van der Waals surface area contributed by atoms with Gasteiger partial charge in [-0.3, -0.25) is 0 Å². The van der Waals surface area contributed by atoms with Crippen LogP contribution in [-0.4, -0.2) is 64.3 Å². The van der Waals surface area contributed by atoms with Crippen LogP contribution in [0.1, 0.15) is 24.0 Å². The molecule has 4 nitrogen and oxygen atoms in total. The van der Waals surface area contributed by atoms with E-state index in [4.69, 9.17) is 9.47 Å². The predicted molar refractivity (Wildman–Crippen MR) is 104 cm³/mol. The van der Waals surface area contributed by atoms with Gasteiger partial charge in [0.25, 0.3) is 0 Å². The van der Waals surface area contributed by atoms with Crippen LogP contribution in [0.5, 0.6) is 11.5 Å². The fraction of sp³-hybridized carbons (Fsp3) is 0.500. The van der Waals surface area contributed by atoms with Gasteiger partial charge in [0.15, 0.2) is 0 Å². The summed E-state index contributed by atoms with van der Waals surface area (Å²) in [7, 11) is 8.25. The van der Waals surface area contributed by atoms with Gasteiger partial charge >= 0.3 is 0 Å². The number of hydrogen-bond donors (Lipinski definition) is 0. The zero-order chi connectivity index (χ0) is 17.9. The Hall–Kier alpha value is -1.78. The molecule has 0 heterocycles. The number of benzene rings is 1. The van der Waals surface area contributed by atoms with E-state index in [-0.39, 0.29) is 0 Å². The third kappa shape index (κ3) is 7.20. The minimum absolute atomic E-state index is 0.679. The largest absolute Gasteiger partial charge is 0.493 e. The maximum Gasteiger partial charge on any atom is 0.127 e. The van der Waals surface area contributed by atoms with Crippen molar-refractivity contribution in [2.24, 2.45) is 0 Å². The van der Waals surface area contributed by atoms with Crippen LogP contribution in [0.3, 0.4) is 0 Å². The second kappa shape index (κ2) is 10.9. The van der Waals surface area contributed by atoms with E-state index in [0.717, 1.165) is 48.6 Å². The van der Waals surface area contributed by atoms with Crippen LogP contribution in [0.15, 0.2) is 25.3 Å². The van der Waals surface area contributed by atoms with Gasteiger partial charge in [-0.15, -0.1) is 0 Å². The molecule has 0 aliphatic carbocycles. The van der Waals surface area contributed by atoms with Crippen molar-refractivity contribution in [3.8, 4) is 11.5 Å².